The average molecular weight is 215 g/mol. The maximum absolute atomic E-state index is 5.64. The third-order valence-corrected chi connectivity index (χ3v) is 1.99. The Morgan fingerprint density at radius 3 is 2.60 bits per heavy atom. The molecule has 0 spiro atoms. The van der Waals surface area contributed by atoms with Crippen LogP contribution < -0.4 is 11.1 Å². The molecule has 0 radical (unpaired) electrons. The molecule has 0 aliphatic carbocycles. The second-order valence-corrected chi connectivity index (χ2v) is 3.51. The molecule has 0 rings (SSSR count). The Labute approximate surface area is 93.3 Å². The van der Waals surface area contributed by atoms with Crippen LogP contribution in [0.1, 0.15) is 39.5 Å². The highest BCUT2D eigenvalue weighted by atomic mass is 16.5. The standard InChI is InChI=1S/C11H25N3O/c1-3-5-7-13-11(12)14-8-10-15-9-6-4-2/h3-10H2,1-2H3,(H3,12,13,14). The van der Waals surface area contributed by atoms with E-state index in [1.807, 2.05) is 0 Å². The van der Waals surface area contributed by atoms with Crippen LogP contribution in [0.3, 0.4) is 0 Å². The van der Waals surface area contributed by atoms with Crippen molar-refractivity contribution in [3.05, 3.63) is 0 Å². The van der Waals surface area contributed by atoms with E-state index >= 15 is 0 Å². The molecule has 0 heterocycles. The van der Waals surface area contributed by atoms with Crippen molar-refractivity contribution in [3.63, 3.8) is 0 Å². The largest absolute Gasteiger partial charge is 0.380 e. The Bertz CT molecular complexity index is 160. The van der Waals surface area contributed by atoms with Crippen molar-refractivity contribution >= 4 is 5.96 Å². The van der Waals surface area contributed by atoms with Gasteiger partial charge in [0.1, 0.15) is 0 Å². The highest BCUT2D eigenvalue weighted by Crippen LogP contribution is 1.87. The third kappa shape index (κ3) is 11.2. The van der Waals surface area contributed by atoms with Crippen molar-refractivity contribution in [2.24, 2.45) is 10.7 Å². The number of unbranched alkanes of at least 4 members (excludes halogenated alkanes) is 2. The molecule has 0 unspecified atom stereocenters. The number of ether oxygens (including phenoxy) is 1. The molecule has 0 aromatic carbocycles. The minimum atomic E-state index is 0.530. The lowest BCUT2D eigenvalue weighted by atomic mass is 10.3. The van der Waals surface area contributed by atoms with E-state index in [-0.39, 0.29) is 0 Å². The first-order valence-corrected chi connectivity index (χ1v) is 5.92. The second kappa shape index (κ2) is 11.3. The Kier molecular flexibility index (Phi) is 10.7. The predicted octanol–water partition coefficient (Wildman–Crippen LogP) is 1.51. The van der Waals surface area contributed by atoms with Gasteiger partial charge in [-0.2, -0.15) is 0 Å². The van der Waals surface area contributed by atoms with Gasteiger partial charge >= 0.3 is 0 Å². The highest BCUT2D eigenvalue weighted by Gasteiger charge is 1.91. The van der Waals surface area contributed by atoms with Crippen LogP contribution >= 0.6 is 0 Å². The van der Waals surface area contributed by atoms with Crippen molar-refractivity contribution < 1.29 is 4.74 Å². The molecule has 4 nitrogen and oxygen atoms in total. The fraction of sp³-hybridized carbons (Fsp3) is 0.909. The number of rotatable bonds is 9. The van der Waals surface area contributed by atoms with E-state index in [9.17, 15) is 0 Å². The Morgan fingerprint density at radius 2 is 1.93 bits per heavy atom. The van der Waals surface area contributed by atoms with Crippen LogP contribution in [0.5, 0.6) is 0 Å². The summed E-state index contributed by atoms with van der Waals surface area (Å²) in [5, 5.41) is 3.02. The van der Waals surface area contributed by atoms with Gasteiger partial charge in [0.15, 0.2) is 5.96 Å². The normalized spacial score (nSPS) is 11.7. The second-order valence-electron chi connectivity index (χ2n) is 3.51. The average Bonchev–Trinajstić information content (AvgIpc) is 2.23. The summed E-state index contributed by atoms with van der Waals surface area (Å²) in [7, 11) is 0. The molecule has 0 aromatic heterocycles. The van der Waals surface area contributed by atoms with E-state index in [2.05, 4.69) is 24.2 Å². The van der Waals surface area contributed by atoms with E-state index in [4.69, 9.17) is 10.5 Å². The van der Waals surface area contributed by atoms with E-state index in [1.165, 1.54) is 6.42 Å². The number of guanidine groups is 1. The van der Waals surface area contributed by atoms with Gasteiger partial charge in [-0.1, -0.05) is 26.7 Å². The zero-order chi connectivity index (χ0) is 11.4. The van der Waals surface area contributed by atoms with Gasteiger partial charge in [-0.05, 0) is 12.8 Å². The van der Waals surface area contributed by atoms with Gasteiger partial charge < -0.3 is 15.8 Å². The predicted molar refractivity (Wildman–Crippen MR) is 65.1 cm³/mol. The minimum absolute atomic E-state index is 0.530. The lowest BCUT2D eigenvalue weighted by Crippen LogP contribution is -2.34. The number of nitrogens with one attached hydrogen (secondary N) is 1. The summed E-state index contributed by atoms with van der Waals surface area (Å²) in [6, 6.07) is 0. The van der Waals surface area contributed by atoms with Crippen molar-refractivity contribution in [2.75, 3.05) is 26.3 Å². The van der Waals surface area contributed by atoms with Crippen LogP contribution in [0, 0.1) is 0 Å². The fourth-order valence-corrected chi connectivity index (χ4v) is 1.01. The molecule has 0 bridgehead atoms. The number of hydrogen-bond donors (Lipinski definition) is 2. The molecule has 0 saturated heterocycles. The van der Waals surface area contributed by atoms with Gasteiger partial charge in [0.25, 0.3) is 0 Å². The molecule has 0 fully saturated rings. The molecule has 0 amide bonds. The van der Waals surface area contributed by atoms with Gasteiger partial charge in [-0.25, -0.2) is 0 Å². The van der Waals surface area contributed by atoms with Crippen molar-refractivity contribution in [1.29, 1.82) is 0 Å². The number of aliphatic imine (C=N–C) groups is 1. The molecular weight excluding hydrogens is 190 g/mol. The lowest BCUT2D eigenvalue weighted by molar-refractivity contribution is 0.136. The number of nitrogens with zero attached hydrogens (tertiary/aromatic N) is 1. The molecule has 4 heteroatoms. The van der Waals surface area contributed by atoms with Crippen LogP contribution in [0.15, 0.2) is 4.99 Å². The van der Waals surface area contributed by atoms with Gasteiger partial charge in [0.2, 0.25) is 0 Å². The van der Waals surface area contributed by atoms with E-state index < -0.39 is 0 Å². The Hall–Kier alpha value is -0.770. The van der Waals surface area contributed by atoms with E-state index in [1.54, 1.807) is 0 Å². The summed E-state index contributed by atoms with van der Waals surface area (Å²) >= 11 is 0. The molecule has 0 saturated carbocycles. The Balaban J connectivity index is 3.22. The van der Waals surface area contributed by atoms with E-state index in [0.29, 0.717) is 12.6 Å². The molecule has 15 heavy (non-hydrogen) atoms. The summed E-state index contributed by atoms with van der Waals surface area (Å²) in [5.74, 6) is 0.530. The van der Waals surface area contributed by atoms with Crippen LogP contribution in [-0.2, 0) is 4.74 Å². The molecular formula is C11H25N3O. The minimum Gasteiger partial charge on any atom is -0.380 e. The molecule has 0 atom stereocenters. The summed E-state index contributed by atoms with van der Waals surface area (Å²) < 4.78 is 5.38. The summed E-state index contributed by atoms with van der Waals surface area (Å²) in [5.41, 5.74) is 5.64. The van der Waals surface area contributed by atoms with Crippen LogP contribution in [-0.4, -0.2) is 32.3 Å². The monoisotopic (exact) mass is 215 g/mol. The highest BCUT2D eigenvalue weighted by molar-refractivity contribution is 5.77. The van der Waals surface area contributed by atoms with Crippen molar-refractivity contribution in [2.45, 2.75) is 39.5 Å². The molecule has 0 aliphatic rings. The maximum Gasteiger partial charge on any atom is 0.188 e. The Morgan fingerprint density at radius 1 is 1.20 bits per heavy atom. The maximum atomic E-state index is 5.64. The number of hydrogen-bond acceptors (Lipinski definition) is 2. The lowest BCUT2D eigenvalue weighted by Gasteiger charge is -2.06. The zero-order valence-corrected chi connectivity index (χ0v) is 10.1. The van der Waals surface area contributed by atoms with Crippen molar-refractivity contribution in [3.8, 4) is 0 Å². The molecule has 0 aromatic rings. The van der Waals surface area contributed by atoms with Crippen LogP contribution in [0.4, 0.5) is 0 Å². The first kappa shape index (κ1) is 14.2. The zero-order valence-electron chi connectivity index (χ0n) is 10.1. The molecule has 0 aliphatic heterocycles. The number of nitrogens with two attached hydrogens (primary N) is 1. The molecule has 3 N–H and O–H groups in total. The summed E-state index contributed by atoms with van der Waals surface area (Å²) in [6.07, 6.45) is 4.54. The van der Waals surface area contributed by atoms with Crippen LogP contribution in [0.25, 0.3) is 0 Å². The van der Waals surface area contributed by atoms with Gasteiger partial charge in [0, 0.05) is 19.7 Å². The van der Waals surface area contributed by atoms with Gasteiger partial charge in [-0.15, -0.1) is 0 Å². The SMILES string of the molecule is CCCCN=C(N)NCCOCCCC. The first-order chi connectivity index (χ1) is 7.31. The van der Waals surface area contributed by atoms with Crippen LogP contribution in [0.2, 0.25) is 0 Å². The smallest absolute Gasteiger partial charge is 0.188 e. The van der Waals surface area contributed by atoms with Gasteiger partial charge in [0.05, 0.1) is 6.61 Å². The molecule has 90 valence electrons. The summed E-state index contributed by atoms with van der Waals surface area (Å²) in [4.78, 5) is 4.18. The van der Waals surface area contributed by atoms with Crippen molar-refractivity contribution in [1.82, 2.24) is 5.32 Å². The summed E-state index contributed by atoms with van der Waals surface area (Å²) in [6.45, 7) is 7.38. The first-order valence-electron chi connectivity index (χ1n) is 5.92. The third-order valence-electron chi connectivity index (χ3n) is 1.99. The fourth-order valence-electron chi connectivity index (χ4n) is 1.01. The topological polar surface area (TPSA) is 59.6 Å². The van der Waals surface area contributed by atoms with E-state index in [0.717, 1.165) is 39.0 Å². The quantitative estimate of drug-likeness (QED) is 0.348. The van der Waals surface area contributed by atoms with Gasteiger partial charge in [-0.3, -0.25) is 4.99 Å².